The number of ketones is 1. The van der Waals surface area contributed by atoms with Crippen LogP contribution < -0.4 is 5.32 Å². The summed E-state index contributed by atoms with van der Waals surface area (Å²) >= 11 is 0. The van der Waals surface area contributed by atoms with Crippen LogP contribution >= 0.6 is 0 Å². The van der Waals surface area contributed by atoms with Crippen LogP contribution in [-0.4, -0.2) is 18.2 Å². The number of carbonyl (C=O) groups is 2. The summed E-state index contributed by atoms with van der Waals surface area (Å²) in [6, 6.07) is 16.7. The highest BCUT2D eigenvalue weighted by molar-refractivity contribution is 6.09. The van der Waals surface area contributed by atoms with Gasteiger partial charge in [0.25, 0.3) is 0 Å². The van der Waals surface area contributed by atoms with Gasteiger partial charge in [-0.3, -0.25) is 9.59 Å². The Morgan fingerprint density at radius 3 is 2.38 bits per heavy atom. The second kappa shape index (κ2) is 8.79. The van der Waals surface area contributed by atoms with E-state index in [2.05, 4.69) is 5.32 Å². The summed E-state index contributed by atoms with van der Waals surface area (Å²) < 4.78 is 0. The minimum Gasteiger partial charge on any atom is -0.355 e. The summed E-state index contributed by atoms with van der Waals surface area (Å²) in [5.74, 6) is 0.384. The van der Waals surface area contributed by atoms with Gasteiger partial charge in [0, 0.05) is 17.7 Å². The molecule has 0 bridgehead atoms. The third-order valence-electron chi connectivity index (χ3n) is 5.37. The Morgan fingerprint density at radius 2 is 1.65 bits per heavy atom. The predicted molar refractivity (Wildman–Crippen MR) is 104 cm³/mol. The maximum absolute atomic E-state index is 12.6. The lowest BCUT2D eigenvalue weighted by molar-refractivity contribution is -0.122. The Morgan fingerprint density at radius 1 is 0.962 bits per heavy atom. The molecular formula is C23H27NO2. The summed E-state index contributed by atoms with van der Waals surface area (Å²) in [5, 5.41) is 3.11. The quantitative estimate of drug-likeness (QED) is 0.767. The lowest BCUT2D eigenvalue weighted by atomic mass is 9.89. The van der Waals surface area contributed by atoms with Gasteiger partial charge in [-0.2, -0.15) is 0 Å². The van der Waals surface area contributed by atoms with Crippen molar-refractivity contribution < 1.29 is 9.59 Å². The van der Waals surface area contributed by atoms with Crippen molar-refractivity contribution in [2.24, 2.45) is 5.92 Å². The summed E-state index contributed by atoms with van der Waals surface area (Å²) in [4.78, 5) is 25.2. The molecule has 26 heavy (non-hydrogen) atoms. The molecule has 1 amide bonds. The van der Waals surface area contributed by atoms with E-state index in [1.54, 1.807) is 0 Å². The fraction of sp³-hybridized carbons (Fsp3) is 0.391. The zero-order valence-corrected chi connectivity index (χ0v) is 15.4. The van der Waals surface area contributed by atoms with Crippen molar-refractivity contribution in [2.75, 3.05) is 6.54 Å². The second-order valence-corrected chi connectivity index (χ2v) is 7.29. The first-order valence-electron chi connectivity index (χ1n) is 9.62. The highest BCUT2D eigenvalue weighted by Crippen LogP contribution is 2.23. The third-order valence-corrected chi connectivity index (χ3v) is 5.37. The molecule has 1 saturated carbocycles. The molecule has 136 valence electrons. The number of hydrogen-bond donors (Lipinski definition) is 1. The van der Waals surface area contributed by atoms with E-state index < -0.39 is 0 Å². The van der Waals surface area contributed by atoms with Crippen LogP contribution in [0.2, 0.25) is 0 Å². The Bertz CT molecular complexity index is 748. The normalized spacial score (nSPS) is 16.0. The zero-order valence-electron chi connectivity index (χ0n) is 15.4. The van der Waals surface area contributed by atoms with Gasteiger partial charge in [-0.25, -0.2) is 0 Å². The van der Waals surface area contributed by atoms with Crippen molar-refractivity contribution >= 4 is 11.7 Å². The minimum absolute atomic E-state index is 0.0118. The smallest absolute Gasteiger partial charge is 0.227 e. The predicted octanol–water partition coefficient (Wildman–Crippen LogP) is 4.72. The van der Waals surface area contributed by atoms with Crippen LogP contribution in [0.1, 0.15) is 66.4 Å². The Kier molecular flexibility index (Phi) is 6.21. The molecule has 0 spiro atoms. The van der Waals surface area contributed by atoms with E-state index in [1.807, 2.05) is 61.5 Å². The second-order valence-electron chi connectivity index (χ2n) is 7.29. The van der Waals surface area contributed by atoms with Crippen LogP contribution in [0.5, 0.6) is 0 Å². The molecule has 3 nitrogen and oxygen atoms in total. The van der Waals surface area contributed by atoms with Gasteiger partial charge in [0.2, 0.25) is 5.91 Å². The van der Waals surface area contributed by atoms with Crippen molar-refractivity contribution in [1.29, 1.82) is 0 Å². The molecule has 1 fully saturated rings. The van der Waals surface area contributed by atoms with Crippen molar-refractivity contribution in [3.8, 4) is 0 Å². The molecule has 2 aromatic carbocycles. The number of benzene rings is 2. The SMILES string of the molecule is CC(C(=O)NCC1CCCCC1)c1cccc(C(=O)c2ccccc2)c1. The molecule has 1 aliphatic rings. The molecule has 0 heterocycles. The maximum atomic E-state index is 12.6. The van der Waals surface area contributed by atoms with E-state index >= 15 is 0 Å². The van der Waals surface area contributed by atoms with Crippen LogP contribution in [0.4, 0.5) is 0 Å². The standard InChI is InChI=1S/C23H27NO2/c1-17(23(26)24-16-18-9-4-2-5-10-18)20-13-8-14-21(15-20)22(25)19-11-6-3-7-12-19/h3,6-8,11-15,17-18H,2,4-5,9-10,16H2,1H3,(H,24,26). The Balaban J connectivity index is 1.64. The van der Waals surface area contributed by atoms with Crippen LogP contribution in [0.15, 0.2) is 54.6 Å². The average Bonchev–Trinajstić information content (AvgIpc) is 2.72. The Labute approximate surface area is 155 Å². The van der Waals surface area contributed by atoms with Gasteiger partial charge in [0.1, 0.15) is 0 Å². The first kappa shape index (κ1) is 18.4. The van der Waals surface area contributed by atoms with Gasteiger partial charge in [0.05, 0.1) is 5.92 Å². The lowest BCUT2D eigenvalue weighted by Gasteiger charge is -2.22. The molecule has 0 radical (unpaired) electrons. The summed E-state index contributed by atoms with van der Waals surface area (Å²) in [6.07, 6.45) is 6.31. The largest absolute Gasteiger partial charge is 0.355 e. The molecule has 1 atom stereocenters. The summed E-state index contributed by atoms with van der Waals surface area (Å²) in [6.45, 7) is 2.67. The first-order chi connectivity index (χ1) is 12.6. The molecule has 3 heteroatoms. The van der Waals surface area contributed by atoms with Gasteiger partial charge in [0.15, 0.2) is 5.78 Å². The van der Waals surface area contributed by atoms with Crippen LogP contribution in [-0.2, 0) is 4.79 Å². The van der Waals surface area contributed by atoms with E-state index in [4.69, 9.17) is 0 Å². The van der Waals surface area contributed by atoms with Crippen LogP contribution in [0, 0.1) is 5.92 Å². The number of rotatable bonds is 6. The van der Waals surface area contributed by atoms with Gasteiger partial charge in [-0.1, -0.05) is 67.8 Å². The lowest BCUT2D eigenvalue weighted by Crippen LogP contribution is -2.33. The first-order valence-corrected chi connectivity index (χ1v) is 9.62. The number of carbonyl (C=O) groups excluding carboxylic acids is 2. The van der Waals surface area contributed by atoms with E-state index in [0.29, 0.717) is 17.0 Å². The van der Waals surface area contributed by atoms with Gasteiger partial charge in [-0.15, -0.1) is 0 Å². The molecule has 1 unspecified atom stereocenters. The van der Waals surface area contributed by atoms with Gasteiger partial charge < -0.3 is 5.32 Å². The van der Waals surface area contributed by atoms with Gasteiger partial charge >= 0.3 is 0 Å². The topological polar surface area (TPSA) is 46.2 Å². The molecular weight excluding hydrogens is 322 g/mol. The van der Waals surface area contributed by atoms with Crippen LogP contribution in [0.25, 0.3) is 0 Å². The molecule has 1 aliphatic carbocycles. The zero-order chi connectivity index (χ0) is 18.4. The molecule has 1 N–H and O–H groups in total. The molecule has 0 aliphatic heterocycles. The van der Waals surface area contributed by atoms with E-state index in [1.165, 1.54) is 32.1 Å². The monoisotopic (exact) mass is 349 g/mol. The fourth-order valence-corrected chi connectivity index (χ4v) is 3.65. The van der Waals surface area contributed by atoms with Crippen molar-refractivity contribution in [2.45, 2.75) is 44.9 Å². The summed E-state index contributed by atoms with van der Waals surface area (Å²) in [7, 11) is 0. The fourth-order valence-electron chi connectivity index (χ4n) is 3.65. The summed E-state index contributed by atoms with van der Waals surface area (Å²) in [5.41, 5.74) is 2.17. The third kappa shape index (κ3) is 4.60. The average molecular weight is 349 g/mol. The van der Waals surface area contributed by atoms with Crippen molar-refractivity contribution in [3.05, 3.63) is 71.3 Å². The highest BCUT2D eigenvalue weighted by atomic mass is 16.1. The number of nitrogens with one attached hydrogen (secondary N) is 1. The molecule has 3 rings (SSSR count). The molecule has 0 aromatic heterocycles. The maximum Gasteiger partial charge on any atom is 0.227 e. The van der Waals surface area contributed by atoms with Gasteiger partial charge in [-0.05, 0) is 37.3 Å². The van der Waals surface area contributed by atoms with Crippen molar-refractivity contribution in [1.82, 2.24) is 5.32 Å². The number of hydrogen-bond acceptors (Lipinski definition) is 2. The van der Waals surface area contributed by atoms with E-state index in [-0.39, 0.29) is 17.6 Å². The molecule has 0 saturated heterocycles. The highest BCUT2D eigenvalue weighted by Gasteiger charge is 2.19. The number of amides is 1. The van der Waals surface area contributed by atoms with E-state index in [0.717, 1.165) is 12.1 Å². The van der Waals surface area contributed by atoms with Crippen molar-refractivity contribution in [3.63, 3.8) is 0 Å². The minimum atomic E-state index is -0.262. The Hall–Kier alpha value is -2.42. The van der Waals surface area contributed by atoms with E-state index in [9.17, 15) is 9.59 Å². The van der Waals surface area contributed by atoms with Crippen LogP contribution in [0.3, 0.4) is 0 Å². The molecule has 2 aromatic rings.